The average molecular weight is 288 g/mol. The Hall–Kier alpha value is -1.88. The SMILES string of the molecule is Brc1ccc2nc3oc4cnccc4n3c2c1. The average Bonchev–Trinajstić information content (AvgIpc) is 2.84. The predicted octanol–water partition coefficient (Wildman–Crippen LogP) is 3.39. The van der Waals surface area contributed by atoms with E-state index in [9.17, 15) is 0 Å². The number of aromatic nitrogens is 3. The minimum atomic E-state index is 0.598. The van der Waals surface area contributed by atoms with Gasteiger partial charge in [0.2, 0.25) is 0 Å². The number of halogens is 1. The van der Waals surface area contributed by atoms with Crippen LogP contribution in [-0.2, 0) is 0 Å². The minimum Gasteiger partial charge on any atom is -0.421 e. The first-order valence-corrected chi connectivity index (χ1v) is 5.92. The number of imidazole rings is 1. The van der Waals surface area contributed by atoms with Crippen LogP contribution in [0.25, 0.3) is 28.0 Å². The molecular weight excluding hydrogens is 282 g/mol. The van der Waals surface area contributed by atoms with Crippen LogP contribution in [0.2, 0.25) is 0 Å². The number of fused-ring (bicyclic) bond motifs is 5. The van der Waals surface area contributed by atoms with Gasteiger partial charge in [0.25, 0.3) is 0 Å². The summed E-state index contributed by atoms with van der Waals surface area (Å²) in [5.41, 5.74) is 3.68. The Morgan fingerprint density at radius 2 is 2.12 bits per heavy atom. The van der Waals surface area contributed by atoms with Crippen LogP contribution in [-0.4, -0.2) is 14.4 Å². The van der Waals surface area contributed by atoms with Crippen LogP contribution in [0.3, 0.4) is 0 Å². The first-order valence-electron chi connectivity index (χ1n) is 5.13. The maximum atomic E-state index is 5.65. The molecule has 0 aliphatic heterocycles. The van der Waals surface area contributed by atoms with E-state index >= 15 is 0 Å². The van der Waals surface area contributed by atoms with Gasteiger partial charge in [-0.3, -0.25) is 9.38 Å². The quantitative estimate of drug-likeness (QED) is 0.498. The van der Waals surface area contributed by atoms with Crippen molar-refractivity contribution in [2.75, 3.05) is 0 Å². The van der Waals surface area contributed by atoms with E-state index in [4.69, 9.17) is 4.42 Å². The van der Waals surface area contributed by atoms with Crippen LogP contribution in [0.5, 0.6) is 0 Å². The van der Waals surface area contributed by atoms with E-state index in [1.807, 2.05) is 28.7 Å². The second kappa shape index (κ2) is 3.07. The highest BCUT2D eigenvalue weighted by molar-refractivity contribution is 9.10. The molecule has 0 spiro atoms. The topological polar surface area (TPSA) is 43.3 Å². The summed E-state index contributed by atoms with van der Waals surface area (Å²) in [6.07, 6.45) is 3.45. The molecule has 3 heterocycles. The van der Waals surface area contributed by atoms with Gasteiger partial charge in [-0.05, 0) is 24.3 Å². The van der Waals surface area contributed by atoms with Gasteiger partial charge in [0.05, 0.1) is 22.7 Å². The fourth-order valence-electron chi connectivity index (χ4n) is 2.06. The van der Waals surface area contributed by atoms with E-state index in [1.54, 1.807) is 12.4 Å². The number of pyridine rings is 1. The predicted molar refractivity (Wildman–Crippen MR) is 68.0 cm³/mol. The summed E-state index contributed by atoms with van der Waals surface area (Å²) >= 11 is 3.47. The molecule has 0 saturated heterocycles. The van der Waals surface area contributed by atoms with E-state index in [0.29, 0.717) is 5.84 Å². The van der Waals surface area contributed by atoms with Crippen molar-refractivity contribution >= 4 is 43.9 Å². The van der Waals surface area contributed by atoms with Crippen molar-refractivity contribution < 1.29 is 4.42 Å². The summed E-state index contributed by atoms with van der Waals surface area (Å²) in [6.45, 7) is 0. The fraction of sp³-hybridized carbons (Fsp3) is 0. The Labute approximate surface area is 104 Å². The normalized spacial score (nSPS) is 11.8. The molecule has 0 bridgehead atoms. The highest BCUT2D eigenvalue weighted by atomic mass is 79.9. The van der Waals surface area contributed by atoms with Gasteiger partial charge in [-0.2, -0.15) is 4.98 Å². The number of nitrogens with zero attached hydrogens (tertiary/aromatic N) is 3. The Kier molecular flexibility index (Phi) is 1.66. The zero-order valence-electron chi connectivity index (χ0n) is 8.59. The van der Waals surface area contributed by atoms with Gasteiger partial charge < -0.3 is 4.42 Å². The first kappa shape index (κ1) is 9.18. The van der Waals surface area contributed by atoms with Crippen molar-refractivity contribution in [2.45, 2.75) is 0 Å². The van der Waals surface area contributed by atoms with Gasteiger partial charge in [0.15, 0.2) is 5.58 Å². The fourth-order valence-corrected chi connectivity index (χ4v) is 2.41. The zero-order chi connectivity index (χ0) is 11.4. The molecule has 0 unspecified atom stereocenters. The minimum absolute atomic E-state index is 0.598. The Morgan fingerprint density at radius 1 is 1.18 bits per heavy atom. The molecule has 0 saturated carbocycles. The van der Waals surface area contributed by atoms with Crippen molar-refractivity contribution in [1.29, 1.82) is 0 Å². The highest BCUT2D eigenvalue weighted by Gasteiger charge is 2.12. The summed E-state index contributed by atoms with van der Waals surface area (Å²) in [5.74, 6) is 0.598. The smallest absolute Gasteiger partial charge is 0.307 e. The molecule has 0 amide bonds. The molecule has 4 nitrogen and oxygen atoms in total. The van der Waals surface area contributed by atoms with Crippen LogP contribution < -0.4 is 0 Å². The van der Waals surface area contributed by atoms with E-state index < -0.39 is 0 Å². The van der Waals surface area contributed by atoms with E-state index in [-0.39, 0.29) is 0 Å². The van der Waals surface area contributed by atoms with Crippen molar-refractivity contribution in [3.63, 3.8) is 0 Å². The van der Waals surface area contributed by atoms with Gasteiger partial charge >= 0.3 is 5.84 Å². The number of benzene rings is 1. The van der Waals surface area contributed by atoms with Crippen LogP contribution >= 0.6 is 15.9 Å². The lowest BCUT2D eigenvalue weighted by Crippen LogP contribution is -1.80. The van der Waals surface area contributed by atoms with Crippen molar-refractivity contribution in [3.8, 4) is 0 Å². The standard InChI is InChI=1S/C12H6BrN3O/c13-7-1-2-8-10(5-7)16-9-3-4-14-6-11(9)17-12(16)15-8/h1-6H. The molecule has 0 N–H and O–H groups in total. The largest absolute Gasteiger partial charge is 0.421 e. The van der Waals surface area contributed by atoms with Gasteiger partial charge in [0, 0.05) is 10.7 Å². The molecule has 5 heteroatoms. The number of hydrogen-bond donors (Lipinski definition) is 0. The van der Waals surface area contributed by atoms with E-state index in [2.05, 4.69) is 25.9 Å². The van der Waals surface area contributed by atoms with Crippen LogP contribution in [0.1, 0.15) is 0 Å². The molecule has 82 valence electrons. The van der Waals surface area contributed by atoms with Gasteiger partial charge in [0.1, 0.15) is 0 Å². The zero-order valence-corrected chi connectivity index (χ0v) is 10.2. The maximum Gasteiger partial charge on any atom is 0.307 e. The third-order valence-corrected chi connectivity index (χ3v) is 3.28. The summed E-state index contributed by atoms with van der Waals surface area (Å²) in [6, 6.07) is 7.89. The summed E-state index contributed by atoms with van der Waals surface area (Å²) in [4.78, 5) is 8.48. The van der Waals surface area contributed by atoms with Crippen LogP contribution in [0.4, 0.5) is 0 Å². The van der Waals surface area contributed by atoms with E-state index in [0.717, 1.165) is 26.6 Å². The molecule has 0 aliphatic rings. The molecule has 4 aromatic rings. The number of rotatable bonds is 0. The van der Waals surface area contributed by atoms with Crippen molar-refractivity contribution in [3.05, 3.63) is 41.1 Å². The Morgan fingerprint density at radius 3 is 3.06 bits per heavy atom. The molecule has 0 radical (unpaired) electrons. The van der Waals surface area contributed by atoms with E-state index in [1.165, 1.54) is 0 Å². The lowest BCUT2D eigenvalue weighted by molar-refractivity contribution is 0.641. The third kappa shape index (κ3) is 1.17. The lowest BCUT2D eigenvalue weighted by atomic mass is 10.3. The molecule has 3 aromatic heterocycles. The van der Waals surface area contributed by atoms with Gasteiger partial charge in [-0.1, -0.05) is 15.9 Å². The molecule has 0 atom stereocenters. The van der Waals surface area contributed by atoms with Crippen molar-refractivity contribution in [1.82, 2.24) is 14.4 Å². The molecule has 1 aromatic carbocycles. The Balaban J connectivity index is 2.33. The summed E-state index contributed by atoms with van der Waals surface area (Å²) in [7, 11) is 0. The Bertz CT molecular complexity index is 862. The first-order chi connectivity index (χ1) is 8.33. The molecule has 17 heavy (non-hydrogen) atoms. The van der Waals surface area contributed by atoms with Gasteiger partial charge in [-0.25, -0.2) is 0 Å². The third-order valence-electron chi connectivity index (χ3n) is 2.79. The second-order valence-electron chi connectivity index (χ2n) is 3.81. The molecule has 4 rings (SSSR count). The van der Waals surface area contributed by atoms with Gasteiger partial charge in [-0.15, -0.1) is 0 Å². The lowest BCUT2D eigenvalue weighted by Gasteiger charge is -1.93. The molecule has 0 fully saturated rings. The molecular formula is C12H6BrN3O. The highest BCUT2D eigenvalue weighted by Crippen LogP contribution is 2.26. The summed E-state index contributed by atoms with van der Waals surface area (Å²) in [5, 5.41) is 0. The molecule has 0 aliphatic carbocycles. The maximum absolute atomic E-state index is 5.65. The van der Waals surface area contributed by atoms with Crippen molar-refractivity contribution in [2.24, 2.45) is 0 Å². The summed E-state index contributed by atoms with van der Waals surface area (Å²) < 4.78 is 8.67. The monoisotopic (exact) mass is 287 g/mol. The van der Waals surface area contributed by atoms with Crippen LogP contribution in [0.15, 0.2) is 45.5 Å². The van der Waals surface area contributed by atoms with Crippen LogP contribution in [0, 0.1) is 0 Å². The second-order valence-corrected chi connectivity index (χ2v) is 4.72. The number of oxazole rings is 1. The number of hydrogen-bond acceptors (Lipinski definition) is 3.